The summed E-state index contributed by atoms with van der Waals surface area (Å²) in [7, 11) is 1.16. The predicted molar refractivity (Wildman–Crippen MR) is 47.2 cm³/mol. The molecular formula is C7H5ClN2O4. The Morgan fingerprint density at radius 3 is 2.86 bits per heavy atom. The molecule has 0 aromatic carbocycles. The molecule has 0 saturated heterocycles. The second-order valence-electron chi connectivity index (χ2n) is 2.24. The minimum Gasteiger partial charge on any atom is -0.465 e. The Kier molecular flexibility index (Phi) is 2.98. The van der Waals surface area contributed by atoms with Crippen LogP contribution >= 0.6 is 11.6 Å². The van der Waals surface area contributed by atoms with Crippen molar-refractivity contribution in [3.8, 4) is 0 Å². The van der Waals surface area contributed by atoms with Crippen LogP contribution in [0.3, 0.4) is 0 Å². The standard InChI is InChI=1S/C7H5ClN2O4/c1-14-7(11)4-2-3-9-6(5(4)8)10(12)13/h2-3H,1H3. The van der Waals surface area contributed by atoms with E-state index in [9.17, 15) is 14.9 Å². The van der Waals surface area contributed by atoms with Crippen molar-refractivity contribution in [1.82, 2.24) is 4.98 Å². The van der Waals surface area contributed by atoms with Crippen molar-refractivity contribution in [3.63, 3.8) is 0 Å². The van der Waals surface area contributed by atoms with Crippen LogP contribution in [0.5, 0.6) is 0 Å². The molecule has 6 nitrogen and oxygen atoms in total. The number of nitrogens with zero attached hydrogens (tertiary/aromatic N) is 2. The average molecular weight is 217 g/mol. The van der Waals surface area contributed by atoms with E-state index in [1.807, 2.05) is 0 Å². The summed E-state index contributed by atoms with van der Waals surface area (Å²) >= 11 is 5.57. The van der Waals surface area contributed by atoms with Gasteiger partial charge >= 0.3 is 11.8 Å². The van der Waals surface area contributed by atoms with Crippen molar-refractivity contribution in [2.75, 3.05) is 7.11 Å². The molecule has 0 unspecified atom stereocenters. The van der Waals surface area contributed by atoms with Gasteiger partial charge in [0.1, 0.15) is 6.20 Å². The highest BCUT2D eigenvalue weighted by molar-refractivity contribution is 6.35. The Morgan fingerprint density at radius 2 is 2.36 bits per heavy atom. The fourth-order valence-electron chi connectivity index (χ4n) is 0.828. The van der Waals surface area contributed by atoms with Gasteiger partial charge in [-0.2, -0.15) is 0 Å². The lowest BCUT2D eigenvalue weighted by Crippen LogP contribution is -2.04. The Balaban J connectivity index is 3.27. The van der Waals surface area contributed by atoms with E-state index in [0.717, 1.165) is 13.3 Å². The third-order valence-corrected chi connectivity index (χ3v) is 1.82. The molecule has 0 aliphatic carbocycles. The van der Waals surface area contributed by atoms with Crippen LogP contribution in [0.2, 0.25) is 5.02 Å². The van der Waals surface area contributed by atoms with Crippen LogP contribution < -0.4 is 0 Å². The summed E-state index contributed by atoms with van der Waals surface area (Å²) in [6.45, 7) is 0. The first kappa shape index (κ1) is 10.4. The van der Waals surface area contributed by atoms with Crippen LogP contribution in [0.1, 0.15) is 10.4 Å². The van der Waals surface area contributed by atoms with Crippen molar-refractivity contribution >= 4 is 23.4 Å². The summed E-state index contributed by atoms with van der Waals surface area (Å²) in [6.07, 6.45) is 1.12. The molecule has 14 heavy (non-hydrogen) atoms. The van der Waals surface area contributed by atoms with Crippen molar-refractivity contribution in [3.05, 3.63) is 33.0 Å². The first-order valence-corrected chi connectivity index (χ1v) is 3.83. The highest BCUT2D eigenvalue weighted by Gasteiger charge is 2.21. The molecule has 1 rings (SSSR count). The molecule has 0 N–H and O–H groups in total. The second-order valence-corrected chi connectivity index (χ2v) is 2.62. The monoisotopic (exact) mass is 216 g/mol. The molecule has 0 spiro atoms. The Hall–Kier alpha value is -1.69. The molecule has 0 atom stereocenters. The minimum atomic E-state index is -0.769. The zero-order valence-electron chi connectivity index (χ0n) is 7.06. The van der Waals surface area contributed by atoms with E-state index in [2.05, 4.69) is 9.72 Å². The fraction of sp³-hybridized carbons (Fsp3) is 0.143. The van der Waals surface area contributed by atoms with Crippen LogP contribution in [0.4, 0.5) is 5.82 Å². The highest BCUT2D eigenvalue weighted by Crippen LogP contribution is 2.25. The number of pyridine rings is 1. The topological polar surface area (TPSA) is 82.3 Å². The number of ether oxygens (including phenoxy) is 1. The molecule has 0 amide bonds. The maximum atomic E-state index is 11.1. The summed E-state index contributed by atoms with van der Waals surface area (Å²) in [5, 5.41) is 10.1. The lowest BCUT2D eigenvalue weighted by atomic mass is 10.2. The van der Waals surface area contributed by atoms with Crippen LogP contribution in [0.15, 0.2) is 12.3 Å². The Bertz CT molecular complexity index is 393. The molecule has 0 aliphatic rings. The van der Waals surface area contributed by atoms with E-state index in [1.54, 1.807) is 0 Å². The van der Waals surface area contributed by atoms with Crippen LogP contribution in [0, 0.1) is 10.1 Å². The van der Waals surface area contributed by atoms with E-state index in [1.165, 1.54) is 6.07 Å². The van der Waals surface area contributed by atoms with E-state index >= 15 is 0 Å². The van der Waals surface area contributed by atoms with Gasteiger partial charge in [0, 0.05) is 0 Å². The molecule has 1 heterocycles. The fourth-order valence-corrected chi connectivity index (χ4v) is 1.09. The van der Waals surface area contributed by atoms with Gasteiger partial charge in [0.2, 0.25) is 0 Å². The van der Waals surface area contributed by atoms with Gasteiger partial charge in [0.15, 0.2) is 5.02 Å². The van der Waals surface area contributed by atoms with Gasteiger partial charge in [-0.05, 0) is 16.0 Å². The molecule has 74 valence electrons. The number of hydrogen-bond acceptors (Lipinski definition) is 5. The number of rotatable bonds is 2. The number of methoxy groups -OCH3 is 1. The molecule has 0 radical (unpaired) electrons. The third kappa shape index (κ3) is 1.80. The molecule has 0 fully saturated rings. The van der Waals surface area contributed by atoms with Gasteiger partial charge < -0.3 is 14.9 Å². The Labute approximate surface area is 83.6 Å². The molecular weight excluding hydrogens is 212 g/mol. The molecule has 0 aliphatic heterocycles. The van der Waals surface area contributed by atoms with E-state index in [4.69, 9.17) is 11.6 Å². The van der Waals surface area contributed by atoms with E-state index < -0.39 is 16.7 Å². The molecule has 1 aromatic rings. The summed E-state index contributed by atoms with van der Waals surface area (Å²) in [4.78, 5) is 24.1. The largest absolute Gasteiger partial charge is 0.465 e. The molecule has 0 bridgehead atoms. The molecule has 7 heteroatoms. The number of esters is 1. The minimum absolute atomic E-state index is 0.0733. The van der Waals surface area contributed by atoms with E-state index in [-0.39, 0.29) is 10.6 Å². The van der Waals surface area contributed by atoms with Gasteiger partial charge in [-0.1, -0.05) is 11.6 Å². The lowest BCUT2D eigenvalue weighted by Gasteiger charge is -2.00. The molecule has 1 aromatic heterocycles. The SMILES string of the molecule is COC(=O)c1ccnc([N+](=O)[O-])c1Cl. The second kappa shape index (κ2) is 4.01. The van der Waals surface area contributed by atoms with Crippen molar-refractivity contribution in [2.24, 2.45) is 0 Å². The number of nitro groups is 1. The number of hydrogen-bond donors (Lipinski definition) is 0. The zero-order chi connectivity index (χ0) is 10.7. The summed E-state index contributed by atoms with van der Waals surface area (Å²) in [5.41, 5.74) is -0.0733. The average Bonchev–Trinajstić information content (AvgIpc) is 2.16. The van der Waals surface area contributed by atoms with Crippen LogP contribution in [-0.2, 0) is 4.74 Å². The van der Waals surface area contributed by atoms with Crippen LogP contribution in [0.25, 0.3) is 0 Å². The van der Waals surface area contributed by atoms with Gasteiger partial charge in [-0.25, -0.2) is 4.79 Å². The summed E-state index contributed by atoms with van der Waals surface area (Å²) in [6, 6.07) is 1.25. The quantitative estimate of drug-likeness (QED) is 0.424. The number of aromatic nitrogens is 1. The summed E-state index contributed by atoms with van der Waals surface area (Å²) in [5.74, 6) is -1.30. The van der Waals surface area contributed by atoms with Gasteiger partial charge in [-0.3, -0.25) is 0 Å². The molecule has 0 saturated carbocycles. The Morgan fingerprint density at radius 1 is 1.71 bits per heavy atom. The third-order valence-electron chi connectivity index (χ3n) is 1.45. The van der Waals surface area contributed by atoms with Crippen molar-refractivity contribution in [2.45, 2.75) is 0 Å². The van der Waals surface area contributed by atoms with Gasteiger partial charge in [0.05, 0.1) is 12.7 Å². The number of halogens is 1. The van der Waals surface area contributed by atoms with Crippen LogP contribution in [-0.4, -0.2) is 23.0 Å². The lowest BCUT2D eigenvalue weighted by molar-refractivity contribution is -0.389. The number of carbonyl (C=O) groups excluding carboxylic acids is 1. The normalized spacial score (nSPS) is 9.57. The summed E-state index contributed by atoms with van der Waals surface area (Å²) < 4.78 is 4.38. The zero-order valence-corrected chi connectivity index (χ0v) is 7.82. The number of carbonyl (C=O) groups is 1. The van der Waals surface area contributed by atoms with Crippen molar-refractivity contribution in [1.29, 1.82) is 0 Å². The smallest absolute Gasteiger partial charge is 0.383 e. The van der Waals surface area contributed by atoms with E-state index in [0.29, 0.717) is 0 Å². The first-order chi connectivity index (χ1) is 6.57. The maximum Gasteiger partial charge on any atom is 0.383 e. The van der Waals surface area contributed by atoms with Crippen molar-refractivity contribution < 1.29 is 14.5 Å². The highest BCUT2D eigenvalue weighted by atomic mass is 35.5. The van der Waals surface area contributed by atoms with Gasteiger partial charge in [0.25, 0.3) is 0 Å². The predicted octanol–water partition coefficient (Wildman–Crippen LogP) is 1.43. The van der Waals surface area contributed by atoms with Gasteiger partial charge in [-0.15, -0.1) is 0 Å². The maximum absolute atomic E-state index is 11.1. The first-order valence-electron chi connectivity index (χ1n) is 3.45.